The van der Waals surface area contributed by atoms with Gasteiger partial charge in [0.25, 0.3) is 0 Å². The quantitative estimate of drug-likeness (QED) is 0.402. The van der Waals surface area contributed by atoms with Gasteiger partial charge in [-0.1, -0.05) is 13.5 Å². The molecule has 0 aliphatic heterocycles. The standard InChI is InChI=1S/C10H21N2O/c1-7-10(11,12(4,5)6)9(13)8(2)3/h2,7,11H2,1,3-6H3/q+1. The van der Waals surface area contributed by atoms with Crippen LogP contribution in [0.3, 0.4) is 0 Å². The van der Waals surface area contributed by atoms with E-state index in [0.29, 0.717) is 16.5 Å². The van der Waals surface area contributed by atoms with E-state index in [1.807, 2.05) is 28.1 Å². The zero-order chi connectivity index (χ0) is 10.9. The van der Waals surface area contributed by atoms with Crippen LogP contribution in [0, 0.1) is 0 Å². The first-order valence-electron chi connectivity index (χ1n) is 4.47. The van der Waals surface area contributed by atoms with E-state index in [4.69, 9.17) is 5.73 Å². The summed E-state index contributed by atoms with van der Waals surface area (Å²) in [4.78, 5) is 11.8. The molecule has 76 valence electrons. The van der Waals surface area contributed by atoms with Gasteiger partial charge in [0.2, 0.25) is 11.4 Å². The van der Waals surface area contributed by atoms with Crippen molar-refractivity contribution in [2.45, 2.75) is 25.9 Å². The minimum atomic E-state index is -0.841. The molecule has 0 fully saturated rings. The summed E-state index contributed by atoms with van der Waals surface area (Å²) in [6.45, 7) is 7.27. The van der Waals surface area contributed by atoms with Crippen LogP contribution in [0.25, 0.3) is 0 Å². The van der Waals surface area contributed by atoms with E-state index in [2.05, 4.69) is 6.58 Å². The topological polar surface area (TPSA) is 43.1 Å². The SMILES string of the molecule is C=C(C)C(=O)C(N)(CC)[N+](C)(C)C. The summed E-state index contributed by atoms with van der Waals surface area (Å²) in [6.07, 6.45) is 0.613. The summed E-state index contributed by atoms with van der Waals surface area (Å²) in [6, 6.07) is 0. The van der Waals surface area contributed by atoms with Gasteiger partial charge in [-0.15, -0.1) is 0 Å². The first kappa shape index (κ1) is 12.3. The average molecular weight is 185 g/mol. The van der Waals surface area contributed by atoms with Gasteiger partial charge < -0.3 is 4.48 Å². The molecule has 0 aliphatic carbocycles. The van der Waals surface area contributed by atoms with E-state index < -0.39 is 5.66 Å². The van der Waals surface area contributed by atoms with Crippen molar-refractivity contribution >= 4 is 5.78 Å². The Balaban J connectivity index is 5.07. The van der Waals surface area contributed by atoms with Crippen LogP contribution in [0.4, 0.5) is 0 Å². The fourth-order valence-corrected chi connectivity index (χ4v) is 1.31. The number of hydrogen-bond acceptors (Lipinski definition) is 2. The highest BCUT2D eigenvalue weighted by molar-refractivity contribution is 6.00. The van der Waals surface area contributed by atoms with Crippen LogP contribution < -0.4 is 5.73 Å². The second-order valence-corrected chi connectivity index (χ2v) is 4.40. The van der Waals surface area contributed by atoms with Crippen LogP contribution in [0.5, 0.6) is 0 Å². The molecular formula is C10H21N2O+. The van der Waals surface area contributed by atoms with Crippen molar-refractivity contribution < 1.29 is 9.28 Å². The van der Waals surface area contributed by atoms with Crippen LogP contribution in [-0.2, 0) is 4.79 Å². The number of quaternary nitrogens is 1. The second kappa shape index (κ2) is 3.60. The molecule has 0 rings (SSSR count). The maximum Gasteiger partial charge on any atom is 0.233 e. The lowest BCUT2D eigenvalue weighted by Crippen LogP contribution is -2.67. The van der Waals surface area contributed by atoms with Crippen molar-refractivity contribution in [2.24, 2.45) is 5.73 Å². The van der Waals surface area contributed by atoms with Gasteiger partial charge in [-0.25, -0.2) is 0 Å². The number of Topliss-reactive ketones (excluding diaryl/α,β-unsaturated/α-hetero) is 1. The molecule has 3 heteroatoms. The van der Waals surface area contributed by atoms with Crippen molar-refractivity contribution in [1.82, 2.24) is 0 Å². The predicted molar refractivity (Wildman–Crippen MR) is 55.1 cm³/mol. The minimum Gasteiger partial charge on any atom is -0.307 e. The van der Waals surface area contributed by atoms with E-state index in [0.717, 1.165) is 0 Å². The third-order valence-electron chi connectivity index (χ3n) is 2.52. The number of hydrogen-bond donors (Lipinski definition) is 1. The number of carbonyl (C=O) groups is 1. The summed E-state index contributed by atoms with van der Waals surface area (Å²) >= 11 is 0. The van der Waals surface area contributed by atoms with E-state index in [9.17, 15) is 4.79 Å². The lowest BCUT2D eigenvalue weighted by Gasteiger charge is -2.41. The van der Waals surface area contributed by atoms with Gasteiger partial charge in [0.05, 0.1) is 21.1 Å². The van der Waals surface area contributed by atoms with E-state index >= 15 is 0 Å². The van der Waals surface area contributed by atoms with Gasteiger partial charge in [-0.2, -0.15) is 0 Å². The molecule has 2 N–H and O–H groups in total. The monoisotopic (exact) mass is 185 g/mol. The molecule has 3 nitrogen and oxygen atoms in total. The molecule has 13 heavy (non-hydrogen) atoms. The average Bonchev–Trinajstić information content (AvgIpc) is 1.99. The van der Waals surface area contributed by atoms with Crippen LogP contribution >= 0.6 is 0 Å². The third-order valence-corrected chi connectivity index (χ3v) is 2.52. The number of ketones is 1. The smallest absolute Gasteiger partial charge is 0.233 e. The van der Waals surface area contributed by atoms with Crippen LogP contribution in [0.15, 0.2) is 12.2 Å². The molecule has 0 spiro atoms. The van der Waals surface area contributed by atoms with E-state index in [1.165, 1.54) is 0 Å². The Labute approximate surface area is 80.8 Å². The zero-order valence-corrected chi connectivity index (χ0v) is 9.35. The summed E-state index contributed by atoms with van der Waals surface area (Å²) in [7, 11) is 5.76. The van der Waals surface area contributed by atoms with Gasteiger partial charge in [-0.3, -0.25) is 10.5 Å². The Morgan fingerprint density at radius 3 is 1.92 bits per heavy atom. The highest BCUT2D eigenvalue weighted by Crippen LogP contribution is 2.20. The molecule has 1 unspecified atom stereocenters. The Kier molecular flexibility index (Phi) is 3.41. The molecule has 0 radical (unpaired) electrons. The number of nitrogens with two attached hydrogens (primary N) is 1. The van der Waals surface area contributed by atoms with Crippen molar-refractivity contribution in [1.29, 1.82) is 0 Å². The summed E-state index contributed by atoms with van der Waals surface area (Å²) in [5.74, 6) is -0.0532. The number of likely N-dealkylation sites (N-methyl/N-ethyl adjacent to an activating group) is 1. The van der Waals surface area contributed by atoms with Crippen molar-refractivity contribution in [2.75, 3.05) is 21.1 Å². The van der Waals surface area contributed by atoms with Crippen molar-refractivity contribution in [3.05, 3.63) is 12.2 Å². The zero-order valence-electron chi connectivity index (χ0n) is 9.35. The minimum absolute atomic E-state index is 0.0532. The Bertz CT molecular complexity index is 228. The molecule has 0 saturated heterocycles. The fraction of sp³-hybridized carbons (Fsp3) is 0.700. The van der Waals surface area contributed by atoms with Gasteiger partial charge in [-0.05, 0) is 12.5 Å². The maximum absolute atomic E-state index is 11.8. The Morgan fingerprint density at radius 1 is 1.46 bits per heavy atom. The molecule has 0 bridgehead atoms. The molecule has 0 aromatic carbocycles. The van der Waals surface area contributed by atoms with Crippen molar-refractivity contribution in [3.63, 3.8) is 0 Å². The first-order valence-corrected chi connectivity index (χ1v) is 4.47. The molecule has 0 aromatic heterocycles. The summed E-state index contributed by atoms with van der Waals surface area (Å²) in [5.41, 5.74) is 5.76. The Hall–Kier alpha value is -0.670. The second-order valence-electron chi connectivity index (χ2n) is 4.40. The summed E-state index contributed by atoms with van der Waals surface area (Å²) in [5, 5.41) is 0. The molecule has 1 atom stereocenters. The predicted octanol–water partition coefficient (Wildman–Crippen LogP) is 0.903. The fourth-order valence-electron chi connectivity index (χ4n) is 1.31. The molecule has 0 heterocycles. The highest BCUT2D eigenvalue weighted by Gasteiger charge is 2.44. The normalized spacial score (nSPS) is 16.5. The highest BCUT2D eigenvalue weighted by atomic mass is 16.1. The third kappa shape index (κ3) is 2.17. The number of carbonyl (C=O) groups excluding carboxylic acids is 1. The van der Waals surface area contributed by atoms with Gasteiger partial charge in [0.15, 0.2) is 0 Å². The summed E-state index contributed by atoms with van der Waals surface area (Å²) < 4.78 is 0.426. The van der Waals surface area contributed by atoms with E-state index in [1.54, 1.807) is 6.92 Å². The van der Waals surface area contributed by atoms with E-state index in [-0.39, 0.29) is 5.78 Å². The van der Waals surface area contributed by atoms with Crippen LogP contribution in [-0.4, -0.2) is 37.1 Å². The lowest BCUT2D eigenvalue weighted by molar-refractivity contribution is -0.912. The van der Waals surface area contributed by atoms with Gasteiger partial charge in [0, 0.05) is 6.42 Å². The molecule has 0 amide bonds. The maximum atomic E-state index is 11.8. The molecule has 0 saturated carbocycles. The van der Waals surface area contributed by atoms with Crippen LogP contribution in [0.2, 0.25) is 0 Å². The molecule has 0 aliphatic rings. The molecular weight excluding hydrogens is 164 g/mol. The number of rotatable bonds is 4. The molecule has 0 aromatic rings. The first-order chi connectivity index (χ1) is 5.66. The van der Waals surface area contributed by atoms with Crippen molar-refractivity contribution in [3.8, 4) is 0 Å². The Morgan fingerprint density at radius 2 is 1.85 bits per heavy atom. The number of nitrogens with zero attached hydrogens (tertiary/aromatic N) is 1. The van der Waals surface area contributed by atoms with Gasteiger partial charge >= 0.3 is 0 Å². The largest absolute Gasteiger partial charge is 0.307 e. The lowest BCUT2D eigenvalue weighted by atomic mass is 9.94. The van der Waals surface area contributed by atoms with Gasteiger partial charge in [0.1, 0.15) is 0 Å². The van der Waals surface area contributed by atoms with Crippen LogP contribution in [0.1, 0.15) is 20.3 Å².